The highest BCUT2D eigenvalue weighted by atomic mass is 16.9. The highest BCUT2D eigenvalue weighted by Gasteiger charge is 2.94. The molecule has 1 spiro atoms. The highest BCUT2D eigenvalue weighted by molar-refractivity contribution is 6.11. The second kappa shape index (κ2) is 10.1. The van der Waals surface area contributed by atoms with Crippen LogP contribution in [-0.4, -0.2) is 108 Å². The van der Waals surface area contributed by atoms with Crippen LogP contribution in [0.2, 0.25) is 0 Å². The Bertz CT molecular complexity index is 1700. The maximum absolute atomic E-state index is 13.2. The molecule has 47 heavy (non-hydrogen) atoms. The molecular weight excluding hydrogens is 620 g/mol. The van der Waals surface area contributed by atoms with Crippen LogP contribution in [0.3, 0.4) is 0 Å². The number of phenols is 1. The summed E-state index contributed by atoms with van der Waals surface area (Å²) < 4.78 is 56.5. The maximum atomic E-state index is 13.2. The average molecular weight is 659 g/mol. The smallest absolute Gasteiger partial charge is 0.279 e. The molecule has 5 aliphatic heterocycles. The number of ether oxygens (including phenoxy) is 9. The summed E-state index contributed by atoms with van der Waals surface area (Å²) in [6.07, 6.45) is -5.72. The quantitative estimate of drug-likeness (QED) is 0.290. The van der Waals surface area contributed by atoms with Crippen LogP contribution in [0, 0.1) is 6.92 Å². The summed E-state index contributed by atoms with van der Waals surface area (Å²) in [4.78, 5) is 25.6. The first-order valence-electron chi connectivity index (χ1n) is 15.8. The third-order valence-electron chi connectivity index (χ3n) is 11.0. The first kappa shape index (κ1) is 31.4. The molecule has 0 aromatic heterocycles. The molecule has 2 aromatic carbocycles. The molecule has 1 aliphatic carbocycles. The van der Waals surface area contributed by atoms with Gasteiger partial charge in [0.1, 0.15) is 23.4 Å². The average Bonchev–Trinajstić information content (AvgIpc) is 3.70. The van der Waals surface area contributed by atoms with Crippen molar-refractivity contribution in [3.8, 4) is 17.2 Å². The standard InChI is InChI=1S/C33H38O14/c1-13-10-17-23(24(37)22-16(25(17)39-4)8-7-9-18(22)35)26-21(13)27-28-32(45-26,30(12-42-30)33(46-27,47-28)29(40-5)41-6)44-20-11-19(36)31(38,14(2)34)15(3)43-20/h10,15,19-20,27-29,36-38H,7-9,11-12H2,1-6H3/t15-,19+,20-,27-,28-,30-,31+,32+,33-/m0/s1. The van der Waals surface area contributed by atoms with Crippen LogP contribution in [0.15, 0.2) is 6.07 Å². The predicted molar refractivity (Wildman–Crippen MR) is 157 cm³/mol. The van der Waals surface area contributed by atoms with Crippen molar-refractivity contribution in [2.45, 2.75) is 106 Å². The monoisotopic (exact) mass is 658 g/mol. The number of hydrogen-bond donors (Lipinski definition) is 3. The minimum atomic E-state index is -2.15. The Morgan fingerprint density at radius 3 is 2.49 bits per heavy atom. The van der Waals surface area contributed by atoms with Gasteiger partial charge in [-0.1, -0.05) is 0 Å². The van der Waals surface area contributed by atoms with Crippen molar-refractivity contribution in [3.63, 3.8) is 0 Å². The number of aliphatic hydroxyl groups excluding tert-OH is 1. The second-order valence-corrected chi connectivity index (χ2v) is 13.3. The molecule has 2 bridgehead atoms. The molecule has 0 saturated carbocycles. The number of methoxy groups -OCH3 is 3. The van der Waals surface area contributed by atoms with E-state index in [2.05, 4.69) is 0 Å². The van der Waals surface area contributed by atoms with Crippen LogP contribution < -0.4 is 9.47 Å². The van der Waals surface area contributed by atoms with Crippen LogP contribution in [0.1, 0.15) is 66.3 Å². The van der Waals surface area contributed by atoms with Gasteiger partial charge in [0.05, 0.1) is 36.9 Å². The fraction of sp³-hybridized carbons (Fsp3) is 0.636. The van der Waals surface area contributed by atoms with Crippen LogP contribution in [0.4, 0.5) is 0 Å². The van der Waals surface area contributed by atoms with Gasteiger partial charge in [-0.2, -0.15) is 0 Å². The minimum absolute atomic E-state index is 0.0178. The number of aliphatic hydroxyl groups is 2. The lowest BCUT2D eigenvalue weighted by atomic mass is 9.78. The number of fused-ring (bicyclic) bond motifs is 8. The van der Waals surface area contributed by atoms with E-state index in [-0.39, 0.29) is 47.7 Å². The summed E-state index contributed by atoms with van der Waals surface area (Å²) in [5.74, 6) is -3.99. The number of aryl methyl sites for hydroxylation is 1. The number of phenolic OH excluding ortho intramolecular Hbond substituents is 1. The van der Waals surface area contributed by atoms with Gasteiger partial charge in [-0.05, 0) is 45.2 Å². The van der Waals surface area contributed by atoms with Gasteiger partial charge in [-0.15, -0.1) is 0 Å². The van der Waals surface area contributed by atoms with Gasteiger partial charge in [0, 0.05) is 43.6 Å². The van der Waals surface area contributed by atoms with E-state index in [4.69, 9.17) is 42.6 Å². The summed E-state index contributed by atoms with van der Waals surface area (Å²) in [6.45, 7) is 4.54. The zero-order valence-corrected chi connectivity index (χ0v) is 26.9. The zero-order chi connectivity index (χ0) is 33.4. The molecule has 0 amide bonds. The van der Waals surface area contributed by atoms with Crippen molar-refractivity contribution in [2.75, 3.05) is 27.9 Å². The van der Waals surface area contributed by atoms with Gasteiger partial charge in [-0.25, -0.2) is 0 Å². The van der Waals surface area contributed by atoms with Gasteiger partial charge >= 0.3 is 0 Å². The first-order chi connectivity index (χ1) is 22.4. The van der Waals surface area contributed by atoms with E-state index >= 15 is 0 Å². The molecule has 0 unspecified atom stereocenters. The number of carbonyl (C=O) groups excluding carboxylic acids is 2. The Balaban J connectivity index is 1.34. The van der Waals surface area contributed by atoms with Crippen molar-refractivity contribution < 1.29 is 67.5 Å². The fourth-order valence-corrected chi connectivity index (χ4v) is 8.69. The maximum Gasteiger partial charge on any atom is 0.279 e. The topological polar surface area (TPSA) is 181 Å². The number of rotatable bonds is 7. The fourth-order valence-electron chi connectivity index (χ4n) is 8.69. The van der Waals surface area contributed by atoms with Crippen LogP contribution in [0.25, 0.3) is 10.8 Å². The van der Waals surface area contributed by atoms with Gasteiger partial charge in [0.25, 0.3) is 11.6 Å². The van der Waals surface area contributed by atoms with Crippen molar-refractivity contribution in [1.82, 2.24) is 0 Å². The van der Waals surface area contributed by atoms with E-state index in [1.165, 1.54) is 35.2 Å². The molecule has 254 valence electrons. The lowest BCUT2D eigenvalue weighted by Crippen LogP contribution is -2.72. The predicted octanol–water partition coefficient (Wildman–Crippen LogP) is 1.86. The van der Waals surface area contributed by atoms with Crippen molar-refractivity contribution >= 4 is 22.3 Å². The number of ketones is 2. The highest BCUT2D eigenvalue weighted by Crippen LogP contribution is 2.72. The number of hydrogen-bond acceptors (Lipinski definition) is 14. The molecule has 14 heteroatoms. The number of epoxide rings is 1. The van der Waals surface area contributed by atoms with E-state index in [1.807, 2.05) is 13.0 Å². The summed E-state index contributed by atoms with van der Waals surface area (Å²) in [6, 6.07) is 1.86. The molecule has 4 saturated heterocycles. The Kier molecular flexibility index (Phi) is 6.71. The van der Waals surface area contributed by atoms with Crippen LogP contribution >= 0.6 is 0 Å². The molecule has 5 heterocycles. The number of Topliss-reactive ketones (excluding diaryl/α,β-unsaturated/α-hetero) is 2. The van der Waals surface area contributed by atoms with Crippen molar-refractivity contribution in [3.05, 3.63) is 28.3 Å². The van der Waals surface area contributed by atoms with Gasteiger partial charge < -0.3 is 58.0 Å². The van der Waals surface area contributed by atoms with Gasteiger partial charge in [0.15, 0.2) is 29.6 Å². The summed E-state index contributed by atoms with van der Waals surface area (Å²) in [5, 5.41) is 34.7. The van der Waals surface area contributed by atoms with Crippen LogP contribution in [-0.2, 0) is 44.4 Å². The Hall–Kier alpha value is -2.92. The van der Waals surface area contributed by atoms with E-state index in [9.17, 15) is 24.9 Å². The van der Waals surface area contributed by atoms with E-state index < -0.39 is 65.6 Å². The Morgan fingerprint density at radius 2 is 1.87 bits per heavy atom. The van der Waals surface area contributed by atoms with Crippen LogP contribution in [0.5, 0.6) is 17.2 Å². The summed E-state index contributed by atoms with van der Waals surface area (Å²) >= 11 is 0. The molecule has 0 radical (unpaired) electrons. The van der Waals surface area contributed by atoms with Crippen molar-refractivity contribution in [2.24, 2.45) is 0 Å². The molecule has 4 fully saturated rings. The molecule has 2 aromatic rings. The number of carbonyl (C=O) groups is 2. The Labute approximate surface area is 269 Å². The number of benzene rings is 2. The molecule has 9 atom stereocenters. The summed E-state index contributed by atoms with van der Waals surface area (Å²) in [7, 11) is 4.39. The minimum Gasteiger partial charge on any atom is -0.506 e. The van der Waals surface area contributed by atoms with E-state index in [1.54, 1.807) is 0 Å². The lowest BCUT2D eigenvalue weighted by molar-refractivity contribution is -0.385. The molecular formula is C33H38O14. The molecule has 3 N–H and O–H groups in total. The SMILES string of the molecule is COc1c2c(c(O)c3c4c(c(C)cc13)[C@@H]1O[C@@]3(C(OC)OC)O[C@@H]1[C@@](O[C@H]1C[C@@H](O)[C@@](O)(C(C)=O)[C@H](C)O1)(O4)[C@@]31CO1)C(=O)CCC2. The number of aromatic hydroxyl groups is 1. The lowest BCUT2D eigenvalue weighted by Gasteiger charge is -2.52. The molecule has 8 rings (SSSR count). The van der Waals surface area contributed by atoms with Gasteiger partial charge in [0.2, 0.25) is 11.9 Å². The van der Waals surface area contributed by atoms with E-state index in [0.717, 1.165) is 5.56 Å². The van der Waals surface area contributed by atoms with E-state index in [0.29, 0.717) is 35.1 Å². The second-order valence-electron chi connectivity index (χ2n) is 13.3. The third-order valence-corrected chi connectivity index (χ3v) is 11.0. The third kappa shape index (κ3) is 3.60. The first-order valence-corrected chi connectivity index (χ1v) is 15.8. The molecule has 6 aliphatic rings. The summed E-state index contributed by atoms with van der Waals surface area (Å²) in [5.41, 5.74) is -1.54. The van der Waals surface area contributed by atoms with Crippen molar-refractivity contribution in [1.29, 1.82) is 0 Å². The normalized spacial score (nSPS) is 39.7. The largest absolute Gasteiger partial charge is 0.506 e. The Morgan fingerprint density at radius 1 is 1.15 bits per heavy atom. The molecule has 14 nitrogen and oxygen atoms in total. The zero-order valence-electron chi connectivity index (χ0n) is 26.9. The van der Waals surface area contributed by atoms with Gasteiger partial charge in [-0.3, -0.25) is 9.59 Å².